The van der Waals surface area contributed by atoms with Crippen LogP contribution in [0.15, 0.2) is 16.6 Å². The molecule has 0 bridgehead atoms. The molecule has 1 aromatic carbocycles. The minimum absolute atomic E-state index is 0.460. The van der Waals surface area contributed by atoms with Crippen molar-refractivity contribution in [2.45, 2.75) is 31.3 Å². The molecule has 1 unspecified atom stereocenters. The van der Waals surface area contributed by atoms with Crippen molar-refractivity contribution >= 4 is 44.8 Å². The van der Waals surface area contributed by atoms with Crippen LogP contribution in [0.1, 0.15) is 19.3 Å². The maximum atomic E-state index is 6.23. The van der Waals surface area contributed by atoms with Gasteiger partial charge in [-0.2, -0.15) is 0 Å². The second-order valence-corrected chi connectivity index (χ2v) is 6.83. The van der Waals surface area contributed by atoms with Gasteiger partial charge in [0.1, 0.15) is 0 Å². The van der Waals surface area contributed by atoms with Gasteiger partial charge in [0.2, 0.25) is 0 Å². The molecule has 2 fully saturated rings. The zero-order valence-corrected chi connectivity index (χ0v) is 13.0. The van der Waals surface area contributed by atoms with Crippen LogP contribution in [0.2, 0.25) is 10.0 Å². The minimum atomic E-state index is 0.460. The monoisotopic (exact) mass is 348 g/mol. The molecule has 1 aliphatic carbocycles. The average molecular weight is 350 g/mol. The van der Waals surface area contributed by atoms with E-state index in [0.717, 1.165) is 22.7 Å². The number of anilines is 1. The van der Waals surface area contributed by atoms with Gasteiger partial charge in [0, 0.05) is 29.6 Å². The molecule has 0 amide bonds. The first kappa shape index (κ1) is 13.0. The molecule has 1 aliphatic heterocycles. The smallest absolute Gasteiger partial charge is 0.0722 e. The zero-order chi connectivity index (χ0) is 12.7. The molecule has 1 N–H and O–H groups in total. The SMILES string of the molecule is Clc1cc(Br)cc(Cl)c1NC1CCN(C2CC2)C1. The van der Waals surface area contributed by atoms with Gasteiger partial charge in [0.15, 0.2) is 0 Å². The molecule has 5 heteroatoms. The maximum absolute atomic E-state index is 6.23. The summed E-state index contributed by atoms with van der Waals surface area (Å²) in [5, 5.41) is 4.85. The molecule has 98 valence electrons. The number of hydrogen-bond donors (Lipinski definition) is 1. The highest BCUT2D eigenvalue weighted by Crippen LogP contribution is 2.36. The van der Waals surface area contributed by atoms with Crippen LogP contribution in [0, 0.1) is 0 Å². The fourth-order valence-electron chi connectivity index (χ4n) is 2.56. The van der Waals surface area contributed by atoms with Crippen molar-refractivity contribution in [3.63, 3.8) is 0 Å². The van der Waals surface area contributed by atoms with Gasteiger partial charge in [-0.3, -0.25) is 4.90 Å². The van der Waals surface area contributed by atoms with Gasteiger partial charge in [-0.05, 0) is 31.4 Å². The molecule has 1 heterocycles. The lowest BCUT2D eigenvalue weighted by Crippen LogP contribution is -2.27. The standard InChI is InChI=1S/C13H15BrCl2N2/c14-8-5-11(15)13(12(16)6-8)17-9-3-4-18(7-9)10-1-2-10/h5-6,9-10,17H,1-4,7H2. The Bertz CT molecular complexity index is 439. The Morgan fingerprint density at radius 1 is 1.17 bits per heavy atom. The molecule has 1 saturated carbocycles. The molecular formula is C13H15BrCl2N2. The summed E-state index contributed by atoms with van der Waals surface area (Å²) in [6, 6.07) is 5.06. The second kappa shape index (κ2) is 5.20. The van der Waals surface area contributed by atoms with Gasteiger partial charge in [0.05, 0.1) is 15.7 Å². The summed E-state index contributed by atoms with van der Waals surface area (Å²) in [6.45, 7) is 2.29. The van der Waals surface area contributed by atoms with Crippen LogP contribution in [0.25, 0.3) is 0 Å². The zero-order valence-electron chi connectivity index (χ0n) is 9.93. The molecule has 2 nitrogen and oxygen atoms in total. The molecule has 1 saturated heterocycles. The summed E-state index contributed by atoms with van der Waals surface area (Å²) in [4.78, 5) is 2.57. The normalized spacial score (nSPS) is 24.5. The predicted molar refractivity (Wildman–Crippen MR) is 80.8 cm³/mol. The van der Waals surface area contributed by atoms with Gasteiger partial charge >= 0.3 is 0 Å². The lowest BCUT2D eigenvalue weighted by Gasteiger charge is -2.18. The quantitative estimate of drug-likeness (QED) is 0.869. The van der Waals surface area contributed by atoms with Gasteiger partial charge in [-0.25, -0.2) is 0 Å². The van der Waals surface area contributed by atoms with Crippen LogP contribution in [0.5, 0.6) is 0 Å². The van der Waals surface area contributed by atoms with E-state index in [1.54, 1.807) is 0 Å². The summed E-state index contributed by atoms with van der Waals surface area (Å²) >= 11 is 15.9. The number of nitrogens with zero attached hydrogens (tertiary/aromatic N) is 1. The van der Waals surface area contributed by atoms with E-state index in [0.29, 0.717) is 16.1 Å². The number of nitrogens with one attached hydrogen (secondary N) is 1. The largest absolute Gasteiger partial charge is 0.379 e. The van der Waals surface area contributed by atoms with E-state index >= 15 is 0 Å². The van der Waals surface area contributed by atoms with E-state index in [1.165, 1.54) is 25.8 Å². The topological polar surface area (TPSA) is 15.3 Å². The van der Waals surface area contributed by atoms with Gasteiger partial charge in [-0.1, -0.05) is 39.1 Å². The molecule has 0 aromatic heterocycles. The fraction of sp³-hybridized carbons (Fsp3) is 0.538. The number of likely N-dealkylation sites (tertiary alicyclic amines) is 1. The van der Waals surface area contributed by atoms with Crippen molar-refractivity contribution in [1.82, 2.24) is 4.90 Å². The number of benzene rings is 1. The third kappa shape index (κ3) is 2.79. The van der Waals surface area contributed by atoms with E-state index < -0.39 is 0 Å². The van der Waals surface area contributed by atoms with Crippen molar-refractivity contribution in [3.8, 4) is 0 Å². The van der Waals surface area contributed by atoms with E-state index in [4.69, 9.17) is 23.2 Å². The van der Waals surface area contributed by atoms with Crippen LogP contribution in [0.4, 0.5) is 5.69 Å². The third-order valence-corrected chi connectivity index (χ3v) is 4.69. The molecule has 0 radical (unpaired) electrons. The van der Waals surface area contributed by atoms with Crippen LogP contribution < -0.4 is 5.32 Å². The van der Waals surface area contributed by atoms with Crippen molar-refractivity contribution in [1.29, 1.82) is 0 Å². The lowest BCUT2D eigenvalue weighted by atomic mass is 10.2. The summed E-state index contributed by atoms with van der Waals surface area (Å²) in [5.74, 6) is 0. The number of rotatable bonds is 3. The van der Waals surface area contributed by atoms with Gasteiger partial charge < -0.3 is 5.32 Å². The Morgan fingerprint density at radius 3 is 2.44 bits per heavy atom. The Hall–Kier alpha value is 0.0400. The van der Waals surface area contributed by atoms with E-state index in [2.05, 4.69) is 26.1 Å². The van der Waals surface area contributed by atoms with Crippen molar-refractivity contribution in [3.05, 3.63) is 26.7 Å². The predicted octanol–water partition coefficient (Wildman–Crippen LogP) is 4.40. The van der Waals surface area contributed by atoms with Gasteiger partial charge in [-0.15, -0.1) is 0 Å². The summed E-state index contributed by atoms with van der Waals surface area (Å²) in [5.41, 5.74) is 0.865. The van der Waals surface area contributed by atoms with E-state index in [-0.39, 0.29) is 0 Å². The Labute approximate surface area is 126 Å². The molecule has 1 aromatic rings. The second-order valence-electron chi connectivity index (χ2n) is 5.10. The Balaban J connectivity index is 1.69. The van der Waals surface area contributed by atoms with E-state index in [9.17, 15) is 0 Å². The highest BCUT2D eigenvalue weighted by molar-refractivity contribution is 9.10. The lowest BCUT2D eigenvalue weighted by molar-refractivity contribution is 0.326. The average Bonchev–Trinajstić information content (AvgIpc) is 3.04. The maximum Gasteiger partial charge on any atom is 0.0722 e. The number of hydrogen-bond acceptors (Lipinski definition) is 2. The highest BCUT2D eigenvalue weighted by Gasteiger charge is 2.34. The van der Waals surface area contributed by atoms with Crippen LogP contribution in [-0.4, -0.2) is 30.1 Å². The Kier molecular flexibility index (Phi) is 3.77. The summed E-state index contributed by atoms with van der Waals surface area (Å²) in [7, 11) is 0. The summed E-state index contributed by atoms with van der Waals surface area (Å²) in [6.07, 6.45) is 3.90. The van der Waals surface area contributed by atoms with E-state index in [1.807, 2.05) is 12.1 Å². The Morgan fingerprint density at radius 2 is 1.83 bits per heavy atom. The number of halogens is 3. The van der Waals surface area contributed by atoms with Crippen molar-refractivity contribution in [2.75, 3.05) is 18.4 Å². The van der Waals surface area contributed by atoms with Crippen LogP contribution >= 0.6 is 39.1 Å². The summed E-state index contributed by atoms with van der Waals surface area (Å²) < 4.78 is 0.911. The molecule has 18 heavy (non-hydrogen) atoms. The fourth-order valence-corrected chi connectivity index (χ4v) is 3.88. The third-order valence-electron chi connectivity index (χ3n) is 3.64. The molecule has 1 atom stereocenters. The first-order valence-electron chi connectivity index (χ1n) is 6.28. The van der Waals surface area contributed by atoms with Crippen molar-refractivity contribution < 1.29 is 0 Å². The van der Waals surface area contributed by atoms with Crippen LogP contribution in [-0.2, 0) is 0 Å². The van der Waals surface area contributed by atoms with Gasteiger partial charge in [0.25, 0.3) is 0 Å². The van der Waals surface area contributed by atoms with Crippen LogP contribution in [0.3, 0.4) is 0 Å². The molecule has 2 aliphatic rings. The molecular weight excluding hydrogens is 335 g/mol. The molecule has 0 spiro atoms. The molecule has 3 rings (SSSR count). The highest BCUT2D eigenvalue weighted by atomic mass is 79.9. The first-order chi connectivity index (χ1) is 8.63. The first-order valence-corrected chi connectivity index (χ1v) is 7.83. The van der Waals surface area contributed by atoms with Crippen molar-refractivity contribution in [2.24, 2.45) is 0 Å². The minimum Gasteiger partial charge on any atom is -0.379 e.